The van der Waals surface area contributed by atoms with Crippen molar-refractivity contribution < 1.29 is 4.39 Å². The number of aryl methyl sites for hydroxylation is 1. The molecular weight excluding hydrogens is 223 g/mol. The molecule has 1 aromatic carbocycles. The van der Waals surface area contributed by atoms with Gasteiger partial charge in [-0.1, -0.05) is 6.07 Å². The zero-order valence-corrected chi connectivity index (χ0v) is 9.51. The van der Waals surface area contributed by atoms with Gasteiger partial charge in [-0.25, -0.2) is 9.37 Å². The molecule has 2 rings (SSSR count). The molecule has 0 aliphatic rings. The molecule has 0 amide bonds. The molecule has 0 unspecified atom stereocenters. The summed E-state index contributed by atoms with van der Waals surface area (Å²) in [5.74, 6) is -0.266. The van der Waals surface area contributed by atoms with Crippen molar-refractivity contribution in [2.75, 3.05) is 0 Å². The maximum atomic E-state index is 13.1. The van der Waals surface area contributed by atoms with Gasteiger partial charge < -0.3 is 0 Å². The normalized spacial score (nSPS) is 10.1. The molecule has 4 heteroatoms. The van der Waals surface area contributed by atoms with E-state index in [9.17, 15) is 4.39 Å². The van der Waals surface area contributed by atoms with E-state index in [2.05, 4.69) is 4.98 Å². The minimum absolute atomic E-state index is 0.266. The van der Waals surface area contributed by atoms with E-state index in [1.165, 1.54) is 23.5 Å². The topological polar surface area (TPSA) is 36.7 Å². The summed E-state index contributed by atoms with van der Waals surface area (Å²) in [6, 6.07) is 6.69. The van der Waals surface area contributed by atoms with Gasteiger partial charge in [-0.3, -0.25) is 0 Å². The van der Waals surface area contributed by atoms with Crippen LogP contribution in [-0.4, -0.2) is 4.98 Å². The number of hydrogen-bond acceptors (Lipinski definition) is 3. The highest BCUT2D eigenvalue weighted by atomic mass is 32.1. The van der Waals surface area contributed by atoms with Gasteiger partial charge in [0.2, 0.25) is 0 Å². The van der Waals surface area contributed by atoms with Gasteiger partial charge in [0.05, 0.1) is 18.2 Å². The van der Waals surface area contributed by atoms with Crippen LogP contribution < -0.4 is 0 Å². The number of nitrogens with zero attached hydrogens (tertiary/aromatic N) is 2. The molecule has 0 fully saturated rings. The van der Waals surface area contributed by atoms with E-state index >= 15 is 0 Å². The Morgan fingerprint density at radius 1 is 1.50 bits per heavy atom. The van der Waals surface area contributed by atoms with Gasteiger partial charge in [-0.2, -0.15) is 5.26 Å². The molecule has 2 aromatic rings. The van der Waals surface area contributed by atoms with Crippen LogP contribution in [0.1, 0.15) is 11.3 Å². The molecule has 0 bridgehead atoms. The largest absolute Gasteiger partial charge is 0.240 e. The van der Waals surface area contributed by atoms with Gasteiger partial charge >= 0.3 is 0 Å². The van der Waals surface area contributed by atoms with Crippen molar-refractivity contribution in [1.82, 2.24) is 4.98 Å². The molecule has 0 aliphatic heterocycles. The van der Waals surface area contributed by atoms with Gasteiger partial charge in [-0.05, 0) is 24.6 Å². The van der Waals surface area contributed by atoms with Crippen LogP contribution in [0.4, 0.5) is 4.39 Å². The van der Waals surface area contributed by atoms with Crippen molar-refractivity contribution in [2.24, 2.45) is 0 Å². The predicted octanol–water partition coefficient (Wildman–Crippen LogP) is 3.32. The van der Waals surface area contributed by atoms with E-state index < -0.39 is 0 Å². The highest BCUT2D eigenvalue weighted by Crippen LogP contribution is 2.27. The third-order valence-electron chi connectivity index (χ3n) is 2.24. The molecule has 0 saturated carbocycles. The molecule has 0 radical (unpaired) electrons. The highest BCUT2D eigenvalue weighted by molar-refractivity contribution is 7.13. The molecule has 0 aliphatic carbocycles. The van der Waals surface area contributed by atoms with E-state index in [0.29, 0.717) is 6.42 Å². The number of nitriles is 1. The molecule has 80 valence electrons. The van der Waals surface area contributed by atoms with Crippen molar-refractivity contribution in [3.8, 4) is 16.6 Å². The van der Waals surface area contributed by atoms with Crippen LogP contribution >= 0.6 is 11.3 Å². The van der Waals surface area contributed by atoms with E-state index in [1.807, 2.05) is 18.4 Å². The smallest absolute Gasteiger partial charge is 0.124 e. The monoisotopic (exact) mass is 232 g/mol. The third kappa shape index (κ3) is 2.10. The first-order valence-electron chi connectivity index (χ1n) is 4.78. The number of benzene rings is 1. The first-order chi connectivity index (χ1) is 7.70. The lowest BCUT2D eigenvalue weighted by atomic mass is 10.1. The Bertz CT molecular complexity index is 554. The summed E-state index contributed by atoms with van der Waals surface area (Å²) in [6.07, 6.45) is 0.296. The average Bonchev–Trinajstić information content (AvgIpc) is 2.71. The fourth-order valence-corrected chi connectivity index (χ4v) is 2.32. The van der Waals surface area contributed by atoms with Crippen molar-refractivity contribution in [1.29, 1.82) is 5.26 Å². The van der Waals surface area contributed by atoms with E-state index in [-0.39, 0.29) is 5.82 Å². The summed E-state index contributed by atoms with van der Waals surface area (Å²) in [5, 5.41) is 11.2. The minimum Gasteiger partial charge on any atom is -0.240 e. The first-order valence-corrected chi connectivity index (χ1v) is 5.66. The van der Waals surface area contributed by atoms with Crippen molar-refractivity contribution in [2.45, 2.75) is 13.3 Å². The standard InChI is InChI=1S/C12H9FN2S/c1-8-2-3-9(13)6-11(8)12-15-10(4-5-14)7-16-12/h2-3,6-7H,4H2,1H3. The van der Waals surface area contributed by atoms with Gasteiger partial charge in [-0.15, -0.1) is 11.3 Å². The summed E-state index contributed by atoms with van der Waals surface area (Å²) in [7, 11) is 0. The van der Waals surface area contributed by atoms with Crippen LogP contribution in [0.15, 0.2) is 23.6 Å². The maximum absolute atomic E-state index is 13.1. The Hall–Kier alpha value is -1.73. The number of rotatable bonds is 2. The van der Waals surface area contributed by atoms with Crippen LogP contribution in [0.25, 0.3) is 10.6 Å². The number of thiazole rings is 1. The lowest BCUT2D eigenvalue weighted by molar-refractivity contribution is 0.628. The molecule has 0 atom stereocenters. The fourth-order valence-electron chi connectivity index (χ4n) is 1.42. The van der Waals surface area contributed by atoms with Crippen LogP contribution in [0.5, 0.6) is 0 Å². The second-order valence-electron chi connectivity index (χ2n) is 3.44. The quantitative estimate of drug-likeness (QED) is 0.796. The van der Waals surface area contributed by atoms with Crippen LogP contribution in [0.2, 0.25) is 0 Å². The Labute approximate surface area is 97.0 Å². The maximum Gasteiger partial charge on any atom is 0.124 e. The molecule has 1 aromatic heterocycles. The summed E-state index contributed by atoms with van der Waals surface area (Å²) in [5.41, 5.74) is 2.53. The summed E-state index contributed by atoms with van der Waals surface area (Å²) >= 11 is 1.44. The third-order valence-corrected chi connectivity index (χ3v) is 3.17. The van der Waals surface area contributed by atoms with E-state index in [1.54, 1.807) is 6.07 Å². The SMILES string of the molecule is Cc1ccc(F)cc1-c1nc(CC#N)cs1. The molecule has 2 nitrogen and oxygen atoms in total. The average molecular weight is 232 g/mol. The number of aromatic nitrogens is 1. The Kier molecular flexibility index (Phi) is 2.97. The number of halogens is 1. The highest BCUT2D eigenvalue weighted by Gasteiger charge is 2.08. The predicted molar refractivity (Wildman–Crippen MR) is 61.6 cm³/mol. The summed E-state index contributed by atoms with van der Waals surface area (Å²) in [4.78, 5) is 4.30. The van der Waals surface area contributed by atoms with E-state index in [0.717, 1.165) is 21.8 Å². The molecule has 0 spiro atoms. The van der Waals surface area contributed by atoms with E-state index in [4.69, 9.17) is 5.26 Å². The van der Waals surface area contributed by atoms with Crippen molar-refractivity contribution >= 4 is 11.3 Å². The van der Waals surface area contributed by atoms with Crippen LogP contribution in [0.3, 0.4) is 0 Å². The first kappa shape index (κ1) is 10.8. The molecular formula is C12H9FN2S. The van der Waals surface area contributed by atoms with Gasteiger partial charge in [0.15, 0.2) is 0 Å². The zero-order valence-electron chi connectivity index (χ0n) is 8.70. The van der Waals surface area contributed by atoms with Crippen molar-refractivity contribution in [3.05, 3.63) is 40.7 Å². The second-order valence-corrected chi connectivity index (χ2v) is 4.30. The molecule has 1 heterocycles. The minimum atomic E-state index is -0.266. The second kappa shape index (κ2) is 4.42. The Morgan fingerprint density at radius 2 is 2.31 bits per heavy atom. The van der Waals surface area contributed by atoms with Crippen LogP contribution in [0, 0.1) is 24.1 Å². The van der Waals surface area contributed by atoms with Gasteiger partial charge in [0.1, 0.15) is 10.8 Å². The van der Waals surface area contributed by atoms with Crippen LogP contribution in [-0.2, 0) is 6.42 Å². The van der Waals surface area contributed by atoms with Gasteiger partial charge in [0, 0.05) is 10.9 Å². The molecule has 16 heavy (non-hydrogen) atoms. The molecule has 0 saturated heterocycles. The lowest BCUT2D eigenvalue weighted by Crippen LogP contribution is -1.86. The Morgan fingerprint density at radius 3 is 3.06 bits per heavy atom. The zero-order chi connectivity index (χ0) is 11.5. The number of hydrogen-bond donors (Lipinski definition) is 0. The summed E-state index contributed by atoms with van der Waals surface area (Å²) in [6.45, 7) is 1.92. The Balaban J connectivity index is 2.42. The summed E-state index contributed by atoms with van der Waals surface area (Å²) < 4.78 is 13.1. The van der Waals surface area contributed by atoms with Gasteiger partial charge in [0.25, 0.3) is 0 Å². The fraction of sp³-hybridized carbons (Fsp3) is 0.167. The molecule has 0 N–H and O–H groups in total. The lowest BCUT2D eigenvalue weighted by Gasteiger charge is -2.01. The van der Waals surface area contributed by atoms with Crippen molar-refractivity contribution in [3.63, 3.8) is 0 Å².